The molecule has 0 aliphatic carbocycles. The highest BCUT2D eigenvalue weighted by Crippen LogP contribution is 2.16. The van der Waals surface area contributed by atoms with Crippen LogP contribution in [0.2, 0.25) is 0 Å². The summed E-state index contributed by atoms with van der Waals surface area (Å²) in [6.45, 7) is 3.04. The Balaban J connectivity index is 1.89. The second-order valence-corrected chi connectivity index (χ2v) is 4.12. The molecule has 2 heterocycles. The standard InChI is InChI=1S/C13H14N4O4/c1-2-16-10(7-8-15-16)9-14-12(18)5-3-11-4-6-13(21-11)17(19)20/h3-8H,2,9H2,1H3,(H,14,18)/b5-3+. The van der Waals surface area contributed by atoms with Gasteiger partial charge in [-0.1, -0.05) is 0 Å². The molecule has 0 atom stereocenters. The van der Waals surface area contributed by atoms with Crippen molar-refractivity contribution >= 4 is 17.9 Å². The van der Waals surface area contributed by atoms with Crippen molar-refractivity contribution in [3.63, 3.8) is 0 Å². The van der Waals surface area contributed by atoms with E-state index in [1.165, 1.54) is 24.3 Å². The molecule has 21 heavy (non-hydrogen) atoms. The average molecular weight is 290 g/mol. The summed E-state index contributed by atoms with van der Waals surface area (Å²) in [4.78, 5) is 21.5. The third-order valence-corrected chi connectivity index (χ3v) is 2.74. The van der Waals surface area contributed by atoms with E-state index in [-0.39, 0.29) is 17.6 Å². The molecule has 0 fully saturated rings. The first-order chi connectivity index (χ1) is 10.1. The van der Waals surface area contributed by atoms with Gasteiger partial charge in [0.1, 0.15) is 10.7 Å². The normalized spacial score (nSPS) is 10.9. The van der Waals surface area contributed by atoms with Crippen molar-refractivity contribution in [1.82, 2.24) is 15.1 Å². The van der Waals surface area contributed by atoms with Crippen molar-refractivity contribution < 1.29 is 14.1 Å². The zero-order valence-electron chi connectivity index (χ0n) is 11.4. The maximum Gasteiger partial charge on any atom is 0.433 e. The number of nitro groups is 1. The Labute approximate surface area is 120 Å². The number of nitrogens with zero attached hydrogens (tertiary/aromatic N) is 3. The van der Waals surface area contributed by atoms with Gasteiger partial charge in [-0.05, 0) is 25.1 Å². The van der Waals surface area contributed by atoms with Crippen molar-refractivity contribution in [1.29, 1.82) is 0 Å². The summed E-state index contributed by atoms with van der Waals surface area (Å²) in [7, 11) is 0. The van der Waals surface area contributed by atoms with Gasteiger partial charge in [0.2, 0.25) is 5.91 Å². The quantitative estimate of drug-likeness (QED) is 0.495. The van der Waals surface area contributed by atoms with Gasteiger partial charge >= 0.3 is 5.88 Å². The number of hydrogen-bond donors (Lipinski definition) is 1. The van der Waals surface area contributed by atoms with Gasteiger partial charge in [0, 0.05) is 18.8 Å². The van der Waals surface area contributed by atoms with E-state index in [2.05, 4.69) is 10.4 Å². The molecule has 1 amide bonds. The van der Waals surface area contributed by atoms with Crippen LogP contribution in [0.25, 0.3) is 6.08 Å². The smallest absolute Gasteiger partial charge is 0.401 e. The molecular formula is C13H14N4O4. The number of carbonyl (C=O) groups is 1. The first-order valence-corrected chi connectivity index (χ1v) is 6.31. The van der Waals surface area contributed by atoms with Gasteiger partial charge in [-0.15, -0.1) is 0 Å². The van der Waals surface area contributed by atoms with E-state index in [4.69, 9.17) is 4.42 Å². The molecule has 2 aromatic heterocycles. The third kappa shape index (κ3) is 3.78. The fourth-order valence-electron chi connectivity index (χ4n) is 1.72. The molecule has 0 aliphatic rings. The molecule has 0 saturated heterocycles. The number of nitrogens with one attached hydrogen (secondary N) is 1. The third-order valence-electron chi connectivity index (χ3n) is 2.74. The van der Waals surface area contributed by atoms with Gasteiger partial charge in [0.25, 0.3) is 0 Å². The van der Waals surface area contributed by atoms with Crippen molar-refractivity contribution in [2.75, 3.05) is 0 Å². The lowest BCUT2D eigenvalue weighted by Gasteiger charge is -2.04. The average Bonchev–Trinajstić information content (AvgIpc) is 3.11. The highest BCUT2D eigenvalue weighted by molar-refractivity contribution is 5.91. The lowest BCUT2D eigenvalue weighted by Crippen LogP contribution is -2.22. The molecule has 2 aromatic rings. The van der Waals surface area contributed by atoms with Crippen molar-refractivity contribution in [3.05, 3.63) is 52.0 Å². The summed E-state index contributed by atoms with van der Waals surface area (Å²) in [5.74, 6) is -0.435. The molecular weight excluding hydrogens is 276 g/mol. The van der Waals surface area contributed by atoms with Gasteiger partial charge in [-0.2, -0.15) is 5.10 Å². The molecule has 0 radical (unpaired) electrons. The summed E-state index contributed by atoms with van der Waals surface area (Å²) in [5.41, 5.74) is 0.896. The first-order valence-electron chi connectivity index (χ1n) is 6.31. The molecule has 0 unspecified atom stereocenters. The van der Waals surface area contributed by atoms with E-state index < -0.39 is 4.92 Å². The zero-order chi connectivity index (χ0) is 15.2. The van der Waals surface area contributed by atoms with E-state index in [0.29, 0.717) is 6.54 Å². The minimum absolute atomic E-state index is 0.246. The summed E-state index contributed by atoms with van der Waals surface area (Å²) < 4.78 is 6.68. The molecule has 8 nitrogen and oxygen atoms in total. The fourth-order valence-corrected chi connectivity index (χ4v) is 1.72. The summed E-state index contributed by atoms with van der Waals surface area (Å²) in [5, 5.41) is 17.2. The number of aromatic nitrogens is 2. The molecule has 1 N–H and O–H groups in total. The maximum atomic E-state index is 11.6. The minimum Gasteiger partial charge on any atom is -0.401 e. The first kappa shape index (κ1) is 14.5. The Bertz CT molecular complexity index is 671. The zero-order valence-corrected chi connectivity index (χ0v) is 11.4. The summed E-state index contributed by atoms with van der Waals surface area (Å²) >= 11 is 0. The highest BCUT2D eigenvalue weighted by atomic mass is 16.6. The lowest BCUT2D eigenvalue weighted by atomic mass is 10.3. The van der Waals surface area contributed by atoms with Crippen LogP contribution in [0.3, 0.4) is 0 Å². The van der Waals surface area contributed by atoms with Crippen LogP contribution >= 0.6 is 0 Å². The molecule has 8 heteroatoms. The van der Waals surface area contributed by atoms with E-state index in [1.54, 1.807) is 10.9 Å². The number of furan rings is 1. The van der Waals surface area contributed by atoms with E-state index in [0.717, 1.165) is 12.2 Å². The summed E-state index contributed by atoms with van der Waals surface area (Å²) in [6, 6.07) is 4.48. The predicted octanol–water partition coefficient (Wildman–Crippen LogP) is 1.73. The van der Waals surface area contributed by atoms with E-state index in [1.807, 2.05) is 13.0 Å². The van der Waals surface area contributed by atoms with Crippen LogP contribution in [0, 0.1) is 10.1 Å². The molecule has 110 valence electrons. The van der Waals surface area contributed by atoms with Crippen LogP contribution in [0.4, 0.5) is 5.88 Å². The van der Waals surface area contributed by atoms with Crippen LogP contribution in [-0.4, -0.2) is 20.6 Å². The monoisotopic (exact) mass is 290 g/mol. The Kier molecular flexibility index (Phi) is 4.50. The molecule has 2 rings (SSSR count). The largest absolute Gasteiger partial charge is 0.433 e. The van der Waals surface area contributed by atoms with Crippen LogP contribution in [0.15, 0.2) is 34.9 Å². The van der Waals surface area contributed by atoms with Crippen molar-refractivity contribution in [2.24, 2.45) is 0 Å². The van der Waals surface area contributed by atoms with Gasteiger partial charge in [0.05, 0.1) is 18.3 Å². The van der Waals surface area contributed by atoms with Crippen molar-refractivity contribution in [2.45, 2.75) is 20.0 Å². The van der Waals surface area contributed by atoms with Gasteiger partial charge < -0.3 is 9.73 Å². The van der Waals surface area contributed by atoms with Gasteiger partial charge in [-0.3, -0.25) is 19.6 Å². The van der Waals surface area contributed by atoms with E-state index >= 15 is 0 Å². The number of rotatable bonds is 6. The maximum absolute atomic E-state index is 11.6. The SMILES string of the molecule is CCn1nccc1CNC(=O)/C=C/c1ccc([N+](=O)[O-])o1. The molecule has 0 aliphatic heterocycles. The minimum atomic E-state index is -0.636. The number of aryl methyl sites for hydroxylation is 1. The number of hydrogen-bond acceptors (Lipinski definition) is 5. The molecule has 0 aromatic carbocycles. The van der Waals surface area contributed by atoms with Crippen LogP contribution in [0.5, 0.6) is 0 Å². The lowest BCUT2D eigenvalue weighted by molar-refractivity contribution is -0.402. The van der Waals surface area contributed by atoms with Crippen LogP contribution in [0.1, 0.15) is 18.4 Å². The van der Waals surface area contributed by atoms with Crippen LogP contribution in [-0.2, 0) is 17.9 Å². The second kappa shape index (κ2) is 6.51. The Morgan fingerprint density at radius 3 is 3.00 bits per heavy atom. The topological polar surface area (TPSA) is 103 Å². The fraction of sp³-hybridized carbons (Fsp3) is 0.231. The molecule has 0 saturated carbocycles. The highest BCUT2D eigenvalue weighted by Gasteiger charge is 2.10. The molecule has 0 spiro atoms. The second-order valence-electron chi connectivity index (χ2n) is 4.12. The van der Waals surface area contributed by atoms with Crippen molar-refractivity contribution in [3.8, 4) is 0 Å². The Morgan fingerprint density at radius 1 is 1.52 bits per heavy atom. The van der Waals surface area contributed by atoms with Gasteiger partial charge in [-0.25, -0.2) is 0 Å². The number of amides is 1. The number of carbonyl (C=O) groups excluding carboxylic acids is 1. The van der Waals surface area contributed by atoms with Gasteiger partial charge in [0.15, 0.2) is 0 Å². The van der Waals surface area contributed by atoms with E-state index in [9.17, 15) is 14.9 Å². The predicted molar refractivity (Wildman–Crippen MR) is 74.1 cm³/mol. The Morgan fingerprint density at radius 2 is 2.33 bits per heavy atom. The summed E-state index contributed by atoms with van der Waals surface area (Å²) in [6.07, 6.45) is 4.30. The molecule has 0 bridgehead atoms. The Hall–Kier alpha value is -2.90. The van der Waals surface area contributed by atoms with Crippen LogP contribution < -0.4 is 5.32 Å².